The maximum absolute atomic E-state index is 12.0. The number of carbonyl (C=O) groups is 2. The standard InChI is InChI=1S/C14H18BrN3O2/c15-12-8-10(14(20)17-16)5-6-11(12)9-18-7-3-1-2-4-13(18)19/h5-6,8H,1-4,7,9,16H2,(H,17,20). The van der Waals surface area contributed by atoms with E-state index in [0.717, 1.165) is 35.8 Å². The van der Waals surface area contributed by atoms with Gasteiger partial charge in [0.2, 0.25) is 5.91 Å². The molecule has 2 amide bonds. The van der Waals surface area contributed by atoms with Crippen molar-refractivity contribution >= 4 is 27.7 Å². The van der Waals surface area contributed by atoms with E-state index < -0.39 is 0 Å². The van der Waals surface area contributed by atoms with Gasteiger partial charge in [0.15, 0.2) is 0 Å². The van der Waals surface area contributed by atoms with E-state index in [1.807, 2.05) is 11.0 Å². The summed E-state index contributed by atoms with van der Waals surface area (Å²) in [5.74, 6) is 4.99. The van der Waals surface area contributed by atoms with Crippen molar-refractivity contribution in [2.75, 3.05) is 6.54 Å². The number of nitrogens with two attached hydrogens (primary N) is 1. The molecule has 1 aromatic rings. The fourth-order valence-corrected chi connectivity index (χ4v) is 2.82. The van der Waals surface area contributed by atoms with Crippen LogP contribution in [0.15, 0.2) is 22.7 Å². The third-order valence-electron chi connectivity index (χ3n) is 3.48. The average Bonchev–Trinajstić information content (AvgIpc) is 2.65. The third kappa shape index (κ3) is 3.58. The molecule has 20 heavy (non-hydrogen) atoms. The first kappa shape index (κ1) is 15.0. The highest BCUT2D eigenvalue weighted by atomic mass is 79.9. The third-order valence-corrected chi connectivity index (χ3v) is 4.22. The van der Waals surface area contributed by atoms with Crippen LogP contribution in [0.25, 0.3) is 0 Å². The molecule has 0 unspecified atom stereocenters. The van der Waals surface area contributed by atoms with E-state index in [0.29, 0.717) is 18.5 Å². The first-order chi connectivity index (χ1) is 9.61. The lowest BCUT2D eigenvalue weighted by atomic mass is 10.1. The molecule has 108 valence electrons. The van der Waals surface area contributed by atoms with Crippen LogP contribution in [0.4, 0.5) is 0 Å². The van der Waals surface area contributed by atoms with Crippen molar-refractivity contribution in [2.45, 2.75) is 32.2 Å². The molecule has 3 N–H and O–H groups in total. The summed E-state index contributed by atoms with van der Waals surface area (Å²) in [6, 6.07) is 5.29. The first-order valence-electron chi connectivity index (χ1n) is 6.69. The predicted molar refractivity (Wildman–Crippen MR) is 79.7 cm³/mol. The van der Waals surface area contributed by atoms with E-state index in [1.165, 1.54) is 0 Å². The van der Waals surface area contributed by atoms with Crippen LogP contribution < -0.4 is 11.3 Å². The first-order valence-corrected chi connectivity index (χ1v) is 7.48. The van der Waals surface area contributed by atoms with Crippen molar-refractivity contribution in [1.29, 1.82) is 0 Å². The van der Waals surface area contributed by atoms with Crippen molar-refractivity contribution in [1.82, 2.24) is 10.3 Å². The Labute approximate surface area is 126 Å². The lowest BCUT2D eigenvalue weighted by Gasteiger charge is -2.21. The molecule has 1 saturated heterocycles. The maximum Gasteiger partial charge on any atom is 0.265 e. The zero-order chi connectivity index (χ0) is 14.5. The molecule has 5 nitrogen and oxygen atoms in total. The lowest BCUT2D eigenvalue weighted by Crippen LogP contribution is -2.31. The van der Waals surface area contributed by atoms with Gasteiger partial charge in [0.1, 0.15) is 0 Å². The Kier molecular flexibility index (Phi) is 5.14. The number of nitrogens with zero attached hydrogens (tertiary/aromatic N) is 1. The second kappa shape index (κ2) is 6.85. The smallest absolute Gasteiger partial charge is 0.265 e. The van der Waals surface area contributed by atoms with Crippen molar-refractivity contribution in [3.63, 3.8) is 0 Å². The molecule has 0 atom stereocenters. The summed E-state index contributed by atoms with van der Waals surface area (Å²) in [7, 11) is 0. The number of rotatable bonds is 3. The summed E-state index contributed by atoms with van der Waals surface area (Å²) < 4.78 is 0.815. The van der Waals surface area contributed by atoms with Crippen LogP contribution in [0.1, 0.15) is 41.6 Å². The minimum Gasteiger partial charge on any atom is -0.338 e. The number of carbonyl (C=O) groups excluding carboxylic acids is 2. The van der Waals surface area contributed by atoms with Crippen LogP contribution in [-0.2, 0) is 11.3 Å². The van der Waals surface area contributed by atoms with Crippen molar-refractivity contribution < 1.29 is 9.59 Å². The molecule has 2 rings (SSSR count). The van der Waals surface area contributed by atoms with Gasteiger partial charge in [-0.1, -0.05) is 28.4 Å². The molecular formula is C14H18BrN3O2. The Morgan fingerprint density at radius 1 is 1.35 bits per heavy atom. The largest absolute Gasteiger partial charge is 0.338 e. The quantitative estimate of drug-likeness (QED) is 0.502. The van der Waals surface area contributed by atoms with Crippen LogP contribution in [-0.4, -0.2) is 23.3 Å². The molecule has 0 aromatic heterocycles. The van der Waals surface area contributed by atoms with E-state index in [9.17, 15) is 9.59 Å². The van der Waals surface area contributed by atoms with Gasteiger partial charge in [-0.3, -0.25) is 15.0 Å². The molecular weight excluding hydrogens is 322 g/mol. The number of benzene rings is 1. The number of nitrogen functional groups attached to an aromatic ring is 1. The van der Waals surface area contributed by atoms with Crippen LogP contribution in [0, 0.1) is 0 Å². The van der Waals surface area contributed by atoms with Gasteiger partial charge >= 0.3 is 0 Å². The van der Waals surface area contributed by atoms with E-state index in [2.05, 4.69) is 21.4 Å². The van der Waals surface area contributed by atoms with Crippen LogP contribution in [0.3, 0.4) is 0 Å². The molecule has 0 radical (unpaired) electrons. The van der Waals surface area contributed by atoms with Gasteiger partial charge in [-0.2, -0.15) is 0 Å². The van der Waals surface area contributed by atoms with Gasteiger partial charge < -0.3 is 4.90 Å². The molecule has 0 saturated carbocycles. The van der Waals surface area contributed by atoms with Gasteiger partial charge in [0.25, 0.3) is 5.91 Å². The zero-order valence-corrected chi connectivity index (χ0v) is 12.8. The highest BCUT2D eigenvalue weighted by Crippen LogP contribution is 2.22. The Morgan fingerprint density at radius 2 is 2.15 bits per heavy atom. The van der Waals surface area contributed by atoms with Crippen molar-refractivity contribution in [2.24, 2.45) is 5.84 Å². The minimum absolute atomic E-state index is 0.207. The summed E-state index contributed by atoms with van der Waals surface area (Å²) >= 11 is 3.45. The molecule has 0 bridgehead atoms. The summed E-state index contributed by atoms with van der Waals surface area (Å²) in [5, 5.41) is 0. The minimum atomic E-state index is -0.330. The fraction of sp³-hybridized carbons (Fsp3) is 0.429. The second-order valence-electron chi connectivity index (χ2n) is 4.91. The highest BCUT2D eigenvalue weighted by molar-refractivity contribution is 9.10. The maximum atomic E-state index is 12.0. The van der Waals surface area contributed by atoms with Gasteiger partial charge in [-0.05, 0) is 30.5 Å². The van der Waals surface area contributed by atoms with Crippen LogP contribution >= 0.6 is 15.9 Å². The summed E-state index contributed by atoms with van der Waals surface area (Å²) in [4.78, 5) is 25.3. The number of likely N-dealkylation sites (tertiary alicyclic amines) is 1. The summed E-state index contributed by atoms with van der Waals surface area (Å²) in [5.41, 5.74) is 3.59. The Hall–Kier alpha value is -1.40. The molecule has 1 heterocycles. The summed E-state index contributed by atoms with van der Waals surface area (Å²) in [6.07, 6.45) is 3.77. The molecule has 1 fully saturated rings. The normalized spacial score (nSPS) is 15.9. The molecule has 6 heteroatoms. The van der Waals surface area contributed by atoms with Crippen LogP contribution in [0.2, 0.25) is 0 Å². The molecule has 1 aromatic carbocycles. The Bertz CT molecular complexity index is 519. The molecule has 0 aliphatic carbocycles. The van der Waals surface area contributed by atoms with E-state index in [4.69, 9.17) is 5.84 Å². The average molecular weight is 340 g/mol. The zero-order valence-electron chi connectivity index (χ0n) is 11.2. The van der Waals surface area contributed by atoms with Gasteiger partial charge in [-0.15, -0.1) is 0 Å². The Morgan fingerprint density at radius 3 is 2.85 bits per heavy atom. The molecule has 1 aliphatic rings. The van der Waals surface area contributed by atoms with Crippen molar-refractivity contribution in [3.05, 3.63) is 33.8 Å². The Balaban J connectivity index is 2.12. The fourth-order valence-electron chi connectivity index (χ4n) is 2.31. The molecule has 1 aliphatic heterocycles. The monoisotopic (exact) mass is 339 g/mol. The van der Waals surface area contributed by atoms with Gasteiger partial charge in [0.05, 0.1) is 0 Å². The second-order valence-corrected chi connectivity index (χ2v) is 5.76. The number of halogens is 1. The number of nitrogens with one attached hydrogen (secondary N) is 1. The topological polar surface area (TPSA) is 75.4 Å². The van der Waals surface area contributed by atoms with Gasteiger partial charge in [-0.25, -0.2) is 5.84 Å². The van der Waals surface area contributed by atoms with E-state index in [1.54, 1.807) is 12.1 Å². The lowest BCUT2D eigenvalue weighted by molar-refractivity contribution is -0.131. The summed E-state index contributed by atoms with van der Waals surface area (Å²) in [6.45, 7) is 1.38. The SMILES string of the molecule is NNC(=O)c1ccc(CN2CCCCCC2=O)c(Br)c1. The predicted octanol–water partition coefficient (Wildman–Crippen LogP) is 1.96. The van der Waals surface area contributed by atoms with E-state index >= 15 is 0 Å². The number of amides is 2. The van der Waals surface area contributed by atoms with Crippen LogP contribution in [0.5, 0.6) is 0 Å². The highest BCUT2D eigenvalue weighted by Gasteiger charge is 2.18. The van der Waals surface area contributed by atoms with Gasteiger partial charge in [0, 0.05) is 29.5 Å². The molecule has 0 spiro atoms. The number of hydrazine groups is 1. The number of hydrogen-bond donors (Lipinski definition) is 2. The van der Waals surface area contributed by atoms with Crippen molar-refractivity contribution in [3.8, 4) is 0 Å². The number of hydrogen-bond acceptors (Lipinski definition) is 3. The van der Waals surface area contributed by atoms with E-state index in [-0.39, 0.29) is 11.8 Å².